The van der Waals surface area contributed by atoms with Gasteiger partial charge in [-0.2, -0.15) is 0 Å². The second-order valence-electron chi connectivity index (χ2n) is 4.56. The number of halogens is 1. The Morgan fingerprint density at radius 1 is 1.05 bits per heavy atom. The minimum atomic E-state index is -0.319. The van der Waals surface area contributed by atoms with Gasteiger partial charge in [-0.3, -0.25) is 4.79 Å². The molecular formula is C16H12ClNOS2. The number of primary amides is 1. The summed E-state index contributed by atoms with van der Waals surface area (Å²) in [5, 5.41) is 0. The average molecular weight is 334 g/mol. The summed E-state index contributed by atoms with van der Waals surface area (Å²) in [5.41, 5.74) is 7.56. The molecule has 0 aliphatic rings. The van der Waals surface area contributed by atoms with Crippen LogP contribution >= 0.6 is 34.3 Å². The Kier molecular flexibility index (Phi) is 4.10. The predicted molar refractivity (Wildman–Crippen MR) is 91.0 cm³/mol. The van der Waals surface area contributed by atoms with Gasteiger partial charge < -0.3 is 5.73 Å². The minimum Gasteiger partial charge on any atom is -0.369 e. The van der Waals surface area contributed by atoms with E-state index in [-0.39, 0.29) is 12.3 Å². The van der Waals surface area contributed by atoms with Crippen molar-refractivity contribution in [2.24, 2.45) is 5.73 Å². The number of carbonyl (C=O) groups excluding carboxylic acids is 1. The molecule has 0 saturated carbocycles. The standard InChI is InChI=1S/C16H12ClNOS2/c17-15-7-6-12(21-15)11-8-13(10-4-2-1-3-5-10)20-14(11)9-16(18)19/h1-8H,9H2,(H2,18,19). The lowest BCUT2D eigenvalue weighted by Crippen LogP contribution is -2.13. The molecule has 5 heteroatoms. The fraction of sp³-hybridized carbons (Fsp3) is 0.0625. The van der Waals surface area contributed by atoms with Crippen LogP contribution in [0, 0.1) is 0 Å². The Labute approximate surface area is 135 Å². The lowest BCUT2D eigenvalue weighted by atomic mass is 10.1. The van der Waals surface area contributed by atoms with E-state index in [1.54, 1.807) is 11.3 Å². The molecule has 0 saturated heterocycles. The van der Waals surface area contributed by atoms with Crippen LogP contribution in [0.2, 0.25) is 4.34 Å². The van der Waals surface area contributed by atoms with Crippen LogP contribution in [0.3, 0.4) is 0 Å². The van der Waals surface area contributed by atoms with E-state index in [1.165, 1.54) is 11.3 Å². The molecular weight excluding hydrogens is 322 g/mol. The maximum absolute atomic E-state index is 11.3. The number of hydrogen-bond acceptors (Lipinski definition) is 3. The van der Waals surface area contributed by atoms with Gasteiger partial charge in [-0.15, -0.1) is 22.7 Å². The Morgan fingerprint density at radius 3 is 2.43 bits per heavy atom. The number of benzene rings is 1. The second-order valence-corrected chi connectivity index (χ2v) is 7.41. The van der Waals surface area contributed by atoms with Crippen LogP contribution in [-0.4, -0.2) is 5.91 Å². The zero-order valence-corrected chi connectivity index (χ0v) is 13.4. The molecule has 1 aromatic carbocycles. The van der Waals surface area contributed by atoms with Gasteiger partial charge in [-0.05, 0) is 23.8 Å². The molecule has 0 unspecified atom stereocenters. The first-order valence-corrected chi connectivity index (χ1v) is 8.37. The molecule has 0 spiro atoms. The highest BCUT2D eigenvalue weighted by Crippen LogP contribution is 2.41. The van der Waals surface area contributed by atoms with E-state index in [0.717, 1.165) is 30.1 Å². The molecule has 0 aliphatic heterocycles. The third-order valence-corrected chi connectivity index (χ3v) is 5.49. The first-order chi connectivity index (χ1) is 10.1. The predicted octanol–water partition coefficient (Wildman–Crippen LogP) is 4.82. The summed E-state index contributed by atoms with van der Waals surface area (Å²) in [4.78, 5) is 14.5. The van der Waals surface area contributed by atoms with Gasteiger partial charge >= 0.3 is 0 Å². The third-order valence-electron chi connectivity index (χ3n) is 3.04. The molecule has 2 heterocycles. The van der Waals surface area contributed by atoms with Crippen molar-refractivity contribution in [3.05, 3.63) is 57.7 Å². The van der Waals surface area contributed by atoms with Crippen LogP contribution in [0.1, 0.15) is 4.88 Å². The van der Waals surface area contributed by atoms with Gasteiger partial charge in [0.1, 0.15) is 0 Å². The SMILES string of the molecule is NC(=O)Cc1sc(-c2ccccc2)cc1-c1ccc(Cl)s1. The van der Waals surface area contributed by atoms with Crippen molar-refractivity contribution in [2.45, 2.75) is 6.42 Å². The van der Waals surface area contributed by atoms with Gasteiger partial charge in [0.25, 0.3) is 0 Å². The van der Waals surface area contributed by atoms with E-state index < -0.39 is 0 Å². The van der Waals surface area contributed by atoms with E-state index in [0.29, 0.717) is 0 Å². The van der Waals surface area contributed by atoms with Gasteiger partial charge in [-0.25, -0.2) is 0 Å². The van der Waals surface area contributed by atoms with Crippen LogP contribution in [0.25, 0.3) is 20.9 Å². The normalized spacial score (nSPS) is 10.7. The number of amides is 1. The molecule has 2 nitrogen and oxygen atoms in total. The fourth-order valence-electron chi connectivity index (χ4n) is 2.13. The lowest BCUT2D eigenvalue weighted by Gasteiger charge is -1.97. The molecule has 0 aliphatic carbocycles. The summed E-state index contributed by atoms with van der Waals surface area (Å²) in [6.07, 6.45) is 0.252. The van der Waals surface area contributed by atoms with Gasteiger partial charge in [0.15, 0.2) is 0 Å². The Balaban J connectivity index is 2.09. The molecule has 0 bridgehead atoms. The molecule has 0 fully saturated rings. The summed E-state index contributed by atoms with van der Waals surface area (Å²) in [5.74, 6) is -0.319. The van der Waals surface area contributed by atoms with Crippen molar-refractivity contribution in [1.82, 2.24) is 0 Å². The van der Waals surface area contributed by atoms with E-state index in [2.05, 4.69) is 18.2 Å². The second kappa shape index (κ2) is 6.02. The zero-order chi connectivity index (χ0) is 14.8. The van der Waals surface area contributed by atoms with E-state index >= 15 is 0 Å². The highest BCUT2D eigenvalue weighted by atomic mass is 35.5. The van der Waals surface area contributed by atoms with Crippen LogP contribution in [0.15, 0.2) is 48.5 Å². The van der Waals surface area contributed by atoms with Gasteiger partial charge in [-0.1, -0.05) is 41.9 Å². The maximum atomic E-state index is 11.3. The van der Waals surface area contributed by atoms with Crippen molar-refractivity contribution in [3.8, 4) is 20.9 Å². The number of rotatable bonds is 4. The number of carbonyl (C=O) groups is 1. The molecule has 0 atom stereocenters. The van der Waals surface area contributed by atoms with Gasteiger partial charge in [0.05, 0.1) is 10.8 Å². The number of hydrogen-bond donors (Lipinski definition) is 1. The summed E-state index contributed by atoms with van der Waals surface area (Å²) in [7, 11) is 0. The number of thiophene rings is 2. The molecule has 2 aromatic heterocycles. The zero-order valence-electron chi connectivity index (χ0n) is 11.0. The molecule has 106 valence electrons. The Bertz CT molecular complexity index is 777. The quantitative estimate of drug-likeness (QED) is 0.730. The van der Waals surface area contributed by atoms with E-state index in [1.807, 2.05) is 30.3 Å². The molecule has 2 N–H and O–H groups in total. The van der Waals surface area contributed by atoms with Crippen molar-refractivity contribution < 1.29 is 4.79 Å². The van der Waals surface area contributed by atoms with Crippen LogP contribution < -0.4 is 5.73 Å². The highest BCUT2D eigenvalue weighted by molar-refractivity contribution is 7.20. The smallest absolute Gasteiger partial charge is 0.222 e. The molecule has 3 aromatic rings. The Hall–Kier alpha value is -1.62. The molecule has 3 rings (SSSR count). The molecule has 21 heavy (non-hydrogen) atoms. The maximum Gasteiger partial charge on any atom is 0.222 e. The first kappa shape index (κ1) is 14.3. The fourth-order valence-corrected chi connectivity index (χ4v) is 4.47. The van der Waals surface area contributed by atoms with Crippen molar-refractivity contribution in [3.63, 3.8) is 0 Å². The van der Waals surface area contributed by atoms with Crippen molar-refractivity contribution in [2.75, 3.05) is 0 Å². The van der Waals surface area contributed by atoms with Crippen LogP contribution in [0.5, 0.6) is 0 Å². The first-order valence-electron chi connectivity index (χ1n) is 6.35. The Morgan fingerprint density at radius 2 is 1.81 bits per heavy atom. The van der Waals surface area contributed by atoms with Gasteiger partial charge in [0, 0.05) is 20.2 Å². The third kappa shape index (κ3) is 3.18. The minimum absolute atomic E-state index is 0.252. The van der Waals surface area contributed by atoms with E-state index in [9.17, 15) is 4.79 Å². The summed E-state index contributed by atoms with van der Waals surface area (Å²) in [6.45, 7) is 0. The van der Waals surface area contributed by atoms with E-state index in [4.69, 9.17) is 17.3 Å². The van der Waals surface area contributed by atoms with Gasteiger partial charge in [0.2, 0.25) is 5.91 Å². The van der Waals surface area contributed by atoms with Crippen LogP contribution in [-0.2, 0) is 11.2 Å². The summed E-state index contributed by atoms with van der Waals surface area (Å²) in [6, 6.07) is 16.1. The average Bonchev–Trinajstić information content (AvgIpc) is 3.05. The van der Waals surface area contributed by atoms with Crippen molar-refractivity contribution in [1.29, 1.82) is 0 Å². The van der Waals surface area contributed by atoms with Crippen LogP contribution in [0.4, 0.5) is 0 Å². The monoisotopic (exact) mass is 333 g/mol. The lowest BCUT2D eigenvalue weighted by molar-refractivity contribution is -0.117. The highest BCUT2D eigenvalue weighted by Gasteiger charge is 2.15. The molecule has 1 amide bonds. The van der Waals surface area contributed by atoms with Crippen molar-refractivity contribution >= 4 is 40.2 Å². The topological polar surface area (TPSA) is 43.1 Å². The number of nitrogens with two attached hydrogens (primary N) is 1. The largest absolute Gasteiger partial charge is 0.369 e. The molecule has 0 radical (unpaired) electrons. The summed E-state index contributed by atoms with van der Waals surface area (Å²) >= 11 is 9.14. The summed E-state index contributed by atoms with van der Waals surface area (Å²) < 4.78 is 0.738.